The molecule has 0 saturated heterocycles. The largest absolute Gasteiger partial charge is 0.444 e. The van der Waals surface area contributed by atoms with Crippen molar-refractivity contribution in [3.05, 3.63) is 29.8 Å². The van der Waals surface area contributed by atoms with Crippen LogP contribution in [0.15, 0.2) is 29.3 Å². The van der Waals surface area contributed by atoms with E-state index in [1.807, 2.05) is 72.7 Å². The van der Waals surface area contributed by atoms with Crippen LogP contribution in [0.25, 0.3) is 0 Å². The van der Waals surface area contributed by atoms with Gasteiger partial charge in [-0.25, -0.2) is 4.79 Å². The minimum Gasteiger partial charge on any atom is -0.444 e. The van der Waals surface area contributed by atoms with E-state index in [9.17, 15) is 9.59 Å². The molecule has 1 aromatic rings. The Balaban J connectivity index is 2.46. The van der Waals surface area contributed by atoms with Gasteiger partial charge in [0.15, 0.2) is 5.96 Å². The number of amides is 2. The molecule has 1 rings (SSSR count). The summed E-state index contributed by atoms with van der Waals surface area (Å²) < 4.78 is 5.25. The van der Waals surface area contributed by atoms with Crippen molar-refractivity contribution in [2.45, 2.75) is 60.5 Å². The third kappa shape index (κ3) is 11.9. The molecule has 0 aliphatic carbocycles. The molecule has 31 heavy (non-hydrogen) atoms. The molecule has 0 aliphatic heterocycles. The number of guanidine groups is 1. The molecule has 0 radical (unpaired) electrons. The Hall–Kier alpha value is -2.77. The van der Waals surface area contributed by atoms with E-state index in [0.717, 1.165) is 24.5 Å². The van der Waals surface area contributed by atoms with Gasteiger partial charge in [0.2, 0.25) is 5.91 Å². The van der Waals surface area contributed by atoms with Crippen molar-refractivity contribution in [1.29, 1.82) is 0 Å². The molecule has 0 atom stereocenters. The van der Waals surface area contributed by atoms with Crippen molar-refractivity contribution in [3.63, 3.8) is 0 Å². The van der Waals surface area contributed by atoms with Crippen molar-refractivity contribution in [3.8, 4) is 0 Å². The Morgan fingerprint density at radius 3 is 2.10 bits per heavy atom. The molecule has 0 spiro atoms. The van der Waals surface area contributed by atoms with Gasteiger partial charge in [0.1, 0.15) is 5.60 Å². The highest BCUT2D eigenvalue weighted by Crippen LogP contribution is 2.13. The van der Waals surface area contributed by atoms with E-state index in [4.69, 9.17) is 4.74 Å². The zero-order valence-corrected chi connectivity index (χ0v) is 20.0. The van der Waals surface area contributed by atoms with Crippen LogP contribution in [0, 0.1) is 5.41 Å². The lowest BCUT2D eigenvalue weighted by molar-refractivity contribution is -0.128. The van der Waals surface area contributed by atoms with Crippen LogP contribution in [0.4, 0.5) is 10.5 Å². The number of benzene rings is 1. The number of hydrogen-bond acceptors (Lipinski definition) is 4. The SMILES string of the molecule is CCNC(=NCCc1ccc(NC(=O)OC(C)(C)C)cc1)NCCNC(=O)C(C)(C)C. The second-order valence-corrected chi connectivity index (χ2v) is 9.27. The van der Waals surface area contributed by atoms with Crippen molar-refractivity contribution >= 4 is 23.6 Å². The molecule has 4 N–H and O–H groups in total. The Labute approximate surface area is 186 Å². The number of carbonyl (C=O) groups is 2. The minimum atomic E-state index is -0.529. The van der Waals surface area contributed by atoms with Gasteiger partial charge in [-0.15, -0.1) is 0 Å². The maximum atomic E-state index is 11.9. The van der Waals surface area contributed by atoms with Crippen LogP contribution in [0.2, 0.25) is 0 Å². The average molecular weight is 434 g/mol. The smallest absolute Gasteiger partial charge is 0.412 e. The molecule has 2 amide bonds. The summed E-state index contributed by atoms with van der Waals surface area (Å²) in [5.74, 6) is 0.747. The number of hydrogen-bond donors (Lipinski definition) is 4. The number of anilines is 1. The van der Waals surface area contributed by atoms with Gasteiger partial charge in [-0.05, 0) is 51.8 Å². The van der Waals surface area contributed by atoms with Gasteiger partial charge < -0.3 is 20.7 Å². The molecular weight excluding hydrogens is 394 g/mol. The lowest BCUT2D eigenvalue weighted by Crippen LogP contribution is -2.43. The number of nitrogens with one attached hydrogen (secondary N) is 4. The van der Waals surface area contributed by atoms with Crippen LogP contribution in [0.1, 0.15) is 54.0 Å². The average Bonchev–Trinajstić information content (AvgIpc) is 2.64. The maximum absolute atomic E-state index is 11.9. The first kappa shape index (κ1) is 26.3. The van der Waals surface area contributed by atoms with E-state index >= 15 is 0 Å². The summed E-state index contributed by atoms with van der Waals surface area (Å²) in [5.41, 5.74) is 0.885. The van der Waals surface area contributed by atoms with Gasteiger partial charge >= 0.3 is 6.09 Å². The van der Waals surface area contributed by atoms with Crippen LogP contribution < -0.4 is 21.3 Å². The van der Waals surface area contributed by atoms with Gasteiger partial charge in [0, 0.05) is 37.3 Å². The van der Waals surface area contributed by atoms with E-state index in [1.165, 1.54) is 0 Å². The number of rotatable bonds is 8. The zero-order valence-electron chi connectivity index (χ0n) is 20.0. The predicted molar refractivity (Wildman–Crippen MR) is 126 cm³/mol. The first-order valence-electron chi connectivity index (χ1n) is 10.8. The lowest BCUT2D eigenvalue weighted by Gasteiger charge is -2.19. The number of aliphatic imine (C=N–C) groups is 1. The van der Waals surface area contributed by atoms with Crippen molar-refractivity contribution < 1.29 is 14.3 Å². The van der Waals surface area contributed by atoms with E-state index in [2.05, 4.69) is 26.3 Å². The van der Waals surface area contributed by atoms with E-state index < -0.39 is 17.1 Å². The number of nitrogens with zero attached hydrogens (tertiary/aromatic N) is 1. The molecule has 8 heteroatoms. The summed E-state index contributed by atoms with van der Waals surface area (Å²) in [6, 6.07) is 7.63. The van der Waals surface area contributed by atoms with E-state index in [1.54, 1.807) is 0 Å². The molecule has 0 aliphatic rings. The standard InChI is InChI=1S/C23H39N5O3/c1-8-24-20(27-16-15-25-19(29)22(2,3)4)26-14-13-17-9-11-18(12-10-17)28-21(30)31-23(5,6)7/h9-12H,8,13-16H2,1-7H3,(H,25,29)(H,28,30)(H2,24,26,27). The van der Waals surface area contributed by atoms with Crippen LogP contribution in [-0.2, 0) is 16.0 Å². The molecule has 0 heterocycles. The number of ether oxygens (including phenoxy) is 1. The summed E-state index contributed by atoms with van der Waals surface area (Å²) >= 11 is 0. The fourth-order valence-corrected chi connectivity index (χ4v) is 2.44. The van der Waals surface area contributed by atoms with E-state index in [-0.39, 0.29) is 5.91 Å². The number of carbonyl (C=O) groups excluding carboxylic acids is 2. The van der Waals surface area contributed by atoms with Crippen LogP contribution in [0.5, 0.6) is 0 Å². The maximum Gasteiger partial charge on any atom is 0.412 e. The van der Waals surface area contributed by atoms with Crippen LogP contribution in [-0.4, -0.2) is 49.7 Å². The lowest BCUT2D eigenvalue weighted by atomic mass is 9.96. The Kier molecular flexibility index (Phi) is 10.3. The normalized spacial score (nSPS) is 12.2. The highest BCUT2D eigenvalue weighted by atomic mass is 16.6. The first-order valence-corrected chi connectivity index (χ1v) is 10.8. The molecule has 0 fully saturated rings. The third-order valence-corrected chi connectivity index (χ3v) is 4.00. The van der Waals surface area contributed by atoms with Crippen LogP contribution in [0.3, 0.4) is 0 Å². The van der Waals surface area contributed by atoms with Gasteiger partial charge in [-0.2, -0.15) is 0 Å². The summed E-state index contributed by atoms with van der Waals surface area (Å²) in [6.45, 7) is 15.7. The molecule has 0 aromatic heterocycles. The second-order valence-electron chi connectivity index (χ2n) is 9.27. The van der Waals surface area contributed by atoms with Gasteiger partial charge in [-0.1, -0.05) is 32.9 Å². The van der Waals surface area contributed by atoms with Crippen molar-refractivity contribution in [1.82, 2.24) is 16.0 Å². The molecule has 8 nitrogen and oxygen atoms in total. The zero-order chi connectivity index (χ0) is 23.5. The summed E-state index contributed by atoms with van der Waals surface area (Å²) in [4.78, 5) is 28.3. The fraction of sp³-hybridized carbons (Fsp3) is 0.609. The molecule has 0 saturated carbocycles. The minimum absolute atomic E-state index is 0.0286. The highest BCUT2D eigenvalue weighted by molar-refractivity contribution is 5.85. The Bertz CT molecular complexity index is 731. The topological polar surface area (TPSA) is 104 Å². The summed E-state index contributed by atoms with van der Waals surface area (Å²) in [6.07, 6.45) is 0.300. The monoisotopic (exact) mass is 433 g/mol. The molecule has 1 aromatic carbocycles. The Morgan fingerprint density at radius 1 is 0.935 bits per heavy atom. The highest BCUT2D eigenvalue weighted by Gasteiger charge is 2.20. The molecular formula is C23H39N5O3. The Morgan fingerprint density at radius 2 is 1.55 bits per heavy atom. The summed E-state index contributed by atoms with van der Waals surface area (Å²) in [5, 5.41) is 12.1. The van der Waals surface area contributed by atoms with Crippen LogP contribution >= 0.6 is 0 Å². The second kappa shape index (κ2) is 12.2. The summed E-state index contributed by atoms with van der Waals surface area (Å²) in [7, 11) is 0. The molecule has 0 unspecified atom stereocenters. The fourth-order valence-electron chi connectivity index (χ4n) is 2.44. The van der Waals surface area contributed by atoms with Crippen molar-refractivity contribution in [2.75, 3.05) is 31.5 Å². The van der Waals surface area contributed by atoms with E-state index in [0.29, 0.717) is 25.3 Å². The third-order valence-electron chi connectivity index (χ3n) is 4.00. The van der Waals surface area contributed by atoms with Crippen molar-refractivity contribution in [2.24, 2.45) is 10.4 Å². The molecule has 0 bridgehead atoms. The molecule has 174 valence electrons. The quantitative estimate of drug-likeness (QED) is 0.286. The first-order chi connectivity index (χ1) is 14.4. The van der Waals surface area contributed by atoms with Gasteiger partial charge in [-0.3, -0.25) is 15.1 Å². The predicted octanol–water partition coefficient (Wildman–Crippen LogP) is 3.29. The van der Waals surface area contributed by atoms with Gasteiger partial charge in [0.05, 0.1) is 0 Å². The van der Waals surface area contributed by atoms with Gasteiger partial charge in [0.25, 0.3) is 0 Å².